The first-order valence-corrected chi connectivity index (χ1v) is 8.29. The van der Waals surface area contributed by atoms with Crippen molar-refractivity contribution in [2.75, 3.05) is 5.32 Å². The summed E-state index contributed by atoms with van der Waals surface area (Å²) in [4.78, 5) is 16.7. The third kappa shape index (κ3) is 3.35. The van der Waals surface area contributed by atoms with Gasteiger partial charge in [-0.15, -0.1) is 11.3 Å². The van der Waals surface area contributed by atoms with Gasteiger partial charge in [0.05, 0.1) is 17.5 Å². The molecule has 3 rings (SSSR count). The van der Waals surface area contributed by atoms with Crippen LogP contribution < -0.4 is 5.32 Å². The van der Waals surface area contributed by atoms with E-state index in [1.54, 1.807) is 18.2 Å². The van der Waals surface area contributed by atoms with Crippen molar-refractivity contribution in [2.45, 2.75) is 26.2 Å². The molecule has 7 heteroatoms. The van der Waals surface area contributed by atoms with E-state index in [-0.39, 0.29) is 11.3 Å². The third-order valence-electron chi connectivity index (χ3n) is 3.44. The van der Waals surface area contributed by atoms with Gasteiger partial charge in [-0.25, -0.2) is 14.1 Å². The van der Waals surface area contributed by atoms with Crippen LogP contribution in [0.4, 0.5) is 9.52 Å². The Morgan fingerprint density at radius 2 is 2.04 bits per heavy atom. The zero-order chi connectivity index (χ0) is 17.3. The Balaban J connectivity index is 1.77. The number of thiazole rings is 1. The molecule has 2 aromatic heterocycles. The van der Waals surface area contributed by atoms with Crippen molar-refractivity contribution in [1.82, 2.24) is 14.8 Å². The first-order valence-electron chi connectivity index (χ1n) is 7.41. The van der Waals surface area contributed by atoms with Crippen molar-refractivity contribution < 1.29 is 9.18 Å². The molecule has 0 saturated heterocycles. The number of hydrogen-bond acceptors (Lipinski definition) is 4. The average Bonchev–Trinajstić information content (AvgIpc) is 3.16. The summed E-state index contributed by atoms with van der Waals surface area (Å²) in [6.07, 6.45) is 2.89. The number of para-hydroxylation sites is 1. The van der Waals surface area contributed by atoms with Crippen LogP contribution in [0.25, 0.3) is 5.69 Å². The summed E-state index contributed by atoms with van der Waals surface area (Å²) < 4.78 is 15.1. The number of rotatable bonds is 3. The Bertz CT molecular complexity index is 879. The monoisotopic (exact) mass is 344 g/mol. The predicted octanol–water partition coefficient (Wildman–Crippen LogP) is 4.02. The molecule has 0 aliphatic heterocycles. The van der Waals surface area contributed by atoms with Crippen molar-refractivity contribution in [3.8, 4) is 5.69 Å². The molecule has 0 spiro atoms. The van der Waals surface area contributed by atoms with Crippen LogP contribution >= 0.6 is 11.3 Å². The smallest absolute Gasteiger partial charge is 0.260 e. The minimum atomic E-state index is -0.401. The normalized spacial score (nSPS) is 11.5. The van der Waals surface area contributed by atoms with E-state index in [2.05, 4.69) is 36.2 Å². The standard InChI is InChI=1S/C17H17FN4OS/c1-17(2,3)14-10-24-16(20-14)21-15(23)11-8-19-22(9-11)13-7-5-4-6-12(13)18/h4-10H,1-3H3,(H,20,21,23). The minimum absolute atomic E-state index is 0.0742. The lowest BCUT2D eigenvalue weighted by atomic mass is 9.93. The van der Waals surface area contributed by atoms with E-state index in [0.29, 0.717) is 16.4 Å². The fraction of sp³-hybridized carbons (Fsp3) is 0.235. The van der Waals surface area contributed by atoms with Crippen molar-refractivity contribution in [1.29, 1.82) is 0 Å². The molecule has 0 aliphatic rings. The molecular weight excluding hydrogens is 327 g/mol. The van der Waals surface area contributed by atoms with Gasteiger partial charge >= 0.3 is 0 Å². The molecule has 0 bridgehead atoms. The molecule has 0 atom stereocenters. The lowest BCUT2D eigenvalue weighted by Crippen LogP contribution is -2.14. The summed E-state index contributed by atoms with van der Waals surface area (Å²) in [5.41, 5.74) is 1.48. The number of aromatic nitrogens is 3. The number of amides is 1. The molecule has 5 nitrogen and oxygen atoms in total. The number of carbonyl (C=O) groups is 1. The van der Waals surface area contributed by atoms with Crippen molar-refractivity contribution in [2.24, 2.45) is 0 Å². The highest BCUT2D eigenvalue weighted by Crippen LogP contribution is 2.26. The van der Waals surface area contributed by atoms with E-state index < -0.39 is 5.82 Å². The second kappa shape index (κ2) is 6.16. The second-order valence-corrected chi connectivity index (χ2v) is 7.23. The topological polar surface area (TPSA) is 59.8 Å². The van der Waals surface area contributed by atoms with Crippen LogP contribution in [0.3, 0.4) is 0 Å². The zero-order valence-corrected chi connectivity index (χ0v) is 14.4. The maximum Gasteiger partial charge on any atom is 0.260 e. The van der Waals surface area contributed by atoms with Gasteiger partial charge in [-0.05, 0) is 12.1 Å². The predicted molar refractivity (Wildman–Crippen MR) is 92.3 cm³/mol. The highest BCUT2D eigenvalue weighted by Gasteiger charge is 2.19. The average molecular weight is 344 g/mol. The number of nitrogens with zero attached hydrogens (tertiary/aromatic N) is 3. The van der Waals surface area contributed by atoms with Crippen molar-refractivity contribution >= 4 is 22.4 Å². The number of anilines is 1. The lowest BCUT2D eigenvalue weighted by molar-refractivity contribution is 0.102. The zero-order valence-electron chi connectivity index (χ0n) is 13.6. The Labute approximate surface area is 143 Å². The van der Waals surface area contributed by atoms with E-state index >= 15 is 0 Å². The molecule has 1 N–H and O–H groups in total. The summed E-state index contributed by atoms with van der Waals surface area (Å²) in [5.74, 6) is -0.727. The van der Waals surface area contributed by atoms with Crippen LogP contribution in [0.1, 0.15) is 36.8 Å². The van der Waals surface area contributed by atoms with Gasteiger partial charge < -0.3 is 0 Å². The van der Waals surface area contributed by atoms with Gasteiger partial charge in [0.15, 0.2) is 5.13 Å². The Kier molecular flexibility index (Phi) is 4.19. The van der Waals surface area contributed by atoms with Crippen LogP contribution in [-0.2, 0) is 5.41 Å². The fourth-order valence-electron chi connectivity index (χ4n) is 2.05. The van der Waals surface area contributed by atoms with Crippen LogP contribution in [0, 0.1) is 5.82 Å². The summed E-state index contributed by atoms with van der Waals surface area (Å²) in [6, 6.07) is 6.26. The van der Waals surface area contributed by atoms with E-state index in [9.17, 15) is 9.18 Å². The van der Waals surface area contributed by atoms with Crippen LogP contribution in [0.15, 0.2) is 42.0 Å². The molecule has 0 radical (unpaired) electrons. The van der Waals surface area contributed by atoms with Gasteiger partial charge in [0, 0.05) is 17.0 Å². The van der Waals surface area contributed by atoms with E-state index in [1.165, 1.54) is 34.5 Å². The molecule has 1 aromatic carbocycles. The molecule has 0 saturated carbocycles. The fourth-order valence-corrected chi connectivity index (χ4v) is 2.99. The van der Waals surface area contributed by atoms with Gasteiger partial charge in [0.1, 0.15) is 11.5 Å². The molecule has 0 aliphatic carbocycles. The van der Waals surface area contributed by atoms with Crippen LogP contribution in [-0.4, -0.2) is 20.7 Å². The van der Waals surface area contributed by atoms with Crippen LogP contribution in [0.2, 0.25) is 0 Å². The summed E-state index contributed by atoms with van der Waals surface area (Å²) in [6.45, 7) is 6.18. The largest absolute Gasteiger partial charge is 0.298 e. The number of hydrogen-bond donors (Lipinski definition) is 1. The van der Waals surface area contributed by atoms with Crippen molar-refractivity contribution in [3.05, 3.63) is 59.1 Å². The highest BCUT2D eigenvalue weighted by molar-refractivity contribution is 7.14. The Hall–Kier alpha value is -2.54. The molecular formula is C17H17FN4OS. The van der Waals surface area contributed by atoms with E-state index in [1.807, 2.05) is 5.38 Å². The van der Waals surface area contributed by atoms with Gasteiger partial charge in [0.25, 0.3) is 5.91 Å². The molecule has 0 unspecified atom stereocenters. The number of halogens is 1. The van der Waals surface area contributed by atoms with E-state index in [4.69, 9.17) is 0 Å². The molecule has 124 valence electrons. The molecule has 3 aromatic rings. The summed E-state index contributed by atoms with van der Waals surface area (Å²) in [7, 11) is 0. The molecule has 24 heavy (non-hydrogen) atoms. The van der Waals surface area contributed by atoms with Crippen molar-refractivity contribution in [3.63, 3.8) is 0 Å². The first kappa shape index (κ1) is 16.3. The number of nitrogens with one attached hydrogen (secondary N) is 1. The third-order valence-corrected chi connectivity index (χ3v) is 4.19. The summed E-state index contributed by atoms with van der Waals surface area (Å²) in [5, 5.41) is 9.26. The van der Waals surface area contributed by atoms with Gasteiger partial charge in [-0.2, -0.15) is 5.10 Å². The maximum absolute atomic E-state index is 13.8. The SMILES string of the molecule is CC(C)(C)c1csc(NC(=O)c2cnn(-c3ccccc3F)c2)n1. The second-order valence-electron chi connectivity index (χ2n) is 6.37. The lowest BCUT2D eigenvalue weighted by Gasteiger charge is -2.14. The van der Waals surface area contributed by atoms with Gasteiger partial charge in [0.2, 0.25) is 0 Å². The maximum atomic E-state index is 13.8. The first-order chi connectivity index (χ1) is 11.3. The molecule has 1 amide bonds. The molecule has 2 heterocycles. The Morgan fingerprint density at radius 3 is 2.71 bits per heavy atom. The highest BCUT2D eigenvalue weighted by atomic mass is 32.1. The molecule has 0 fully saturated rings. The number of carbonyl (C=O) groups excluding carboxylic acids is 1. The van der Waals surface area contributed by atoms with Gasteiger partial charge in [-0.1, -0.05) is 32.9 Å². The summed E-state index contributed by atoms with van der Waals surface area (Å²) >= 11 is 1.37. The quantitative estimate of drug-likeness (QED) is 0.781. The number of benzene rings is 1. The minimum Gasteiger partial charge on any atom is -0.298 e. The van der Waals surface area contributed by atoms with E-state index in [0.717, 1.165) is 5.69 Å². The Morgan fingerprint density at radius 1 is 1.29 bits per heavy atom. The van der Waals surface area contributed by atoms with Gasteiger partial charge in [-0.3, -0.25) is 10.1 Å². The van der Waals surface area contributed by atoms with Crippen LogP contribution in [0.5, 0.6) is 0 Å².